The van der Waals surface area contributed by atoms with Crippen LogP contribution in [0.3, 0.4) is 0 Å². The van der Waals surface area contributed by atoms with E-state index in [9.17, 15) is 4.79 Å². The van der Waals surface area contributed by atoms with Crippen molar-refractivity contribution in [2.45, 2.75) is 52.5 Å². The van der Waals surface area contributed by atoms with Gasteiger partial charge in [0.2, 0.25) is 0 Å². The molecule has 1 amide bonds. The number of carbonyl (C=O) groups is 1. The van der Waals surface area contributed by atoms with E-state index in [4.69, 9.17) is 0 Å². The van der Waals surface area contributed by atoms with Gasteiger partial charge in [-0.25, -0.2) is 0 Å². The lowest BCUT2D eigenvalue weighted by Crippen LogP contribution is -2.43. The summed E-state index contributed by atoms with van der Waals surface area (Å²) in [6.45, 7) is 6.12. The van der Waals surface area contributed by atoms with Crippen LogP contribution < -0.4 is 5.32 Å². The molecular weight excluding hydrogens is 314 g/mol. The highest BCUT2D eigenvalue weighted by atomic mass is 79.9. The quantitative estimate of drug-likeness (QED) is 0.818. The zero-order valence-electron chi connectivity index (χ0n) is 12.6. The summed E-state index contributed by atoms with van der Waals surface area (Å²) in [5.74, 6) is 0.664. The molecule has 1 aromatic rings. The summed E-state index contributed by atoms with van der Waals surface area (Å²) in [4.78, 5) is 12.6. The normalized spacial score (nSPS) is 22.6. The van der Waals surface area contributed by atoms with Crippen molar-refractivity contribution >= 4 is 21.8 Å². The molecular formula is C17H24BrNO. The number of aryl methyl sites for hydroxylation is 3. The van der Waals surface area contributed by atoms with Gasteiger partial charge in [0.05, 0.1) is 0 Å². The Balaban J connectivity index is 2.16. The Labute approximate surface area is 130 Å². The van der Waals surface area contributed by atoms with E-state index in [1.165, 1.54) is 24.8 Å². The molecule has 0 aromatic heterocycles. The number of amides is 1. The number of halogens is 1. The van der Waals surface area contributed by atoms with Crippen molar-refractivity contribution in [2.75, 3.05) is 5.33 Å². The number of rotatable bonds is 3. The van der Waals surface area contributed by atoms with E-state index < -0.39 is 0 Å². The maximum Gasteiger partial charge on any atom is 0.252 e. The molecule has 0 heterocycles. The van der Waals surface area contributed by atoms with Gasteiger partial charge in [-0.3, -0.25) is 4.79 Å². The number of hydrogen-bond acceptors (Lipinski definition) is 1. The van der Waals surface area contributed by atoms with Crippen molar-refractivity contribution < 1.29 is 4.79 Å². The molecule has 2 unspecified atom stereocenters. The standard InChI is InChI=1S/C17H24BrNO/c1-11-8-12(2)16(13(3)9-11)17(20)19-15-7-5-4-6-14(15)10-18/h8-9,14-15H,4-7,10H2,1-3H3,(H,19,20). The van der Waals surface area contributed by atoms with Gasteiger partial charge in [0.25, 0.3) is 5.91 Å². The second-order valence-electron chi connectivity index (χ2n) is 6.05. The van der Waals surface area contributed by atoms with Gasteiger partial charge in [0.1, 0.15) is 0 Å². The zero-order valence-corrected chi connectivity index (χ0v) is 14.2. The van der Waals surface area contributed by atoms with Crippen molar-refractivity contribution in [3.63, 3.8) is 0 Å². The van der Waals surface area contributed by atoms with Gasteiger partial charge in [-0.2, -0.15) is 0 Å². The number of hydrogen-bond donors (Lipinski definition) is 1. The molecule has 20 heavy (non-hydrogen) atoms. The van der Waals surface area contributed by atoms with E-state index in [1.54, 1.807) is 0 Å². The molecule has 2 rings (SSSR count). The molecule has 1 aliphatic rings. The van der Waals surface area contributed by atoms with Crippen molar-refractivity contribution in [1.29, 1.82) is 0 Å². The van der Waals surface area contributed by atoms with Gasteiger partial charge in [-0.15, -0.1) is 0 Å². The van der Waals surface area contributed by atoms with Crippen molar-refractivity contribution in [1.82, 2.24) is 5.32 Å². The number of benzene rings is 1. The lowest BCUT2D eigenvalue weighted by atomic mass is 9.85. The molecule has 1 fully saturated rings. The first kappa shape index (κ1) is 15.6. The highest BCUT2D eigenvalue weighted by Crippen LogP contribution is 2.26. The van der Waals surface area contributed by atoms with Crippen LogP contribution in [0.4, 0.5) is 0 Å². The number of carbonyl (C=O) groups excluding carboxylic acids is 1. The average Bonchev–Trinajstić information content (AvgIpc) is 2.38. The van der Waals surface area contributed by atoms with Gasteiger partial charge >= 0.3 is 0 Å². The van der Waals surface area contributed by atoms with E-state index in [1.807, 2.05) is 13.8 Å². The van der Waals surface area contributed by atoms with Gasteiger partial charge in [0.15, 0.2) is 0 Å². The minimum Gasteiger partial charge on any atom is -0.349 e. The van der Waals surface area contributed by atoms with Crippen LogP contribution in [-0.2, 0) is 0 Å². The van der Waals surface area contributed by atoms with E-state index in [-0.39, 0.29) is 5.91 Å². The molecule has 0 radical (unpaired) electrons. The number of alkyl halides is 1. The Bertz CT molecular complexity index is 475. The Kier molecular flexibility index (Phi) is 5.25. The third kappa shape index (κ3) is 3.43. The van der Waals surface area contributed by atoms with Crippen LogP contribution in [0.15, 0.2) is 12.1 Å². The SMILES string of the molecule is Cc1cc(C)c(C(=O)NC2CCCCC2CBr)c(C)c1. The molecule has 0 saturated heterocycles. The van der Waals surface area contributed by atoms with Crippen LogP contribution in [0.25, 0.3) is 0 Å². The largest absolute Gasteiger partial charge is 0.349 e. The maximum absolute atomic E-state index is 12.6. The van der Waals surface area contributed by atoms with Gasteiger partial charge in [-0.05, 0) is 50.7 Å². The maximum atomic E-state index is 12.6. The van der Waals surface area contributed by atoms with Crippen molar-refractivity contribution in [2.24, 2.45) is 5.92 Å². The molecule has 2 atom stereocenters. The molecule has 1 N–H and O–H groups in total. The van der Waals surface area contributed by atoms with Gasteiger partial charge in [-0.1, -0.05) is 46.5 Å². The minimum absolute atomic E-state index is 0.0952. The minimum atomic E-state index is 0.0952. The first-order chi connectivity index (χ1) is 9.52. The van der Waals surface area contributed by atoms with Crippen molar-refractivity contribution in [3.05, 3.63) is 34.4 Å². The topological polar surface area (TPSA) is 29.1 Å². The summed E-state index contributed by atoms with van der Waals surface area (Å²) >= 11 is 3.58. The molecule has 0 bridgehead atoms. The van der Waals surface area contributed by atoms with E-state index in [2.05, 4.69) is 40.3 Å². The Morgan fingerprint density at radius 2 is 1.80 bits per heavy atom. The third-order valence-electron chi connectivity index (χ3n) is 4.33. The highest BCUT2D eigenvalue weighted by Gasteiger charge is 2.26. The molecule has 3 heteroatoms. The summed E-state index contributed by atoms with van der Waals surface area (Å²) in [6.07, 6.45) is 4.82. The molecule has 0 spiro atoms. The summed E-state index contributed by atoms with van der Waals surface area (Å²) < 4.78 is 0. The van der Waals surface area contributed by atoms with Crippen molar-refractivity contribution in [3.8, 4) is 0 Å². The fourth-order valence-electron chi connectivity index (χ4n) is 3.36. The second kappa shape index (κ2) is 6.75. The first-order valence-corrected chi connectivity index (χ1v) is 8.59. The van der Waals surface area contributed by atoms with Gasteiger partial charge in [0, 0.05) is 16.9 Å². The Morgan fingerprint density at radius 3 is 2.40 bits per heavy atom. The van der Waals surface area contributed by atoms with Crippen LogP contribution in [-0.4, -0.2) is 17.3 Å². The molecule has 1 aliphatic carbocycles. The Morgan fingerprint density at radius 1 is 1.20 bits per heavy atom. The third-order valence-corrected chi connectivity index (χ3v) is 5.16. The molecule has 110 valence electrons. The first-order valence-electron chi connectivity index (χ1n) is 7.47. The average molecular weight is 338 g/mol. The van der Waals surface area contributed by atoms with Crippen LogP contribution in [0, 0.1) is 26.7 Å². The lowest BCUT2D eigenvalue weighted by Gasteiger charge is -2.31. The van der Waals surface area contributed by atoms with E-state index >= 15 is 0 Å². The fourth-order valence-corrected chi connectivity index (χ4v) is 4.14. The number of nitrogens with one attached hydrogen (secondary N) is 1. The second-order valence-corrected chi connectivity index (χ2v) is 6.70. The fraction of sp³-hybridized carbons (Fsp3) is 0.588. The van der Waals surface area contributed by atoms with Crippen LogP contribution in [0.5, 0.6) is 0 Å². The zero-order chi connectivity index (χ0) is 14.7. The van der Waals surface area contributed by atoms with Crippen LogP contribution >= 0.6 is 15.9 Å². The predicted molar refractivity (Wildman–Crippen MR) is 87.7 cm³/mol. The van der Waals surface area contributed by atoms with Crippen LogP contribution in [0.2, 0.25) is 0 Å². The molecule has 0 aliphatic heterocycles. The van der Waals surface area contributed by atoms with Crippen LogP contribution in [0.1, 0.15) is 52.7 Å². The highest BCUT2D eigenvalue weighted by molar-refractivity contribution is 9.09. The molecule has 1 saturated carbocycles. The predicted octanol–water partition coefficient (Wildman–Crippen LogP) is 4.30. The lowest BCUT2D eigenvalue weighted by molar-refractivity contribution is 0.0910. The van der Waals surface area contributed by atoms with E-state index in [0.717, 1.165) is 28.4 Å². The molecule has 1 aromatic carbocycles. The molecule has 2 nitrogen and oxygen atoms in total. The summed E-state index contributed by atoms with van der Waals surface area (Å²) in [5.41, 5.74) is 4.22. The van der Waals surface area contributed by atoms with E-state index in [0.29, 0.717) is 12.0 Å². The smallest absolute Gasteiger partial charge is 0.252 e. The summed E-state index contributed by atoms with van der Waals surface area (Å²) in [5, 5.41) is 4.24. The summed E-state index contributed by atoms with van der Waals surface area (Å²) in [7, 11) is 0. The Hall–Kier alpha value is -0.830. The van der Waals surface area contributed by atoms with Gasteiger partial charge < -0.3 is 5.32 Å². The monoisotopic (exact) mass is 337 g/mol. The summed E-state index contributed by atoms with van der Waals surface area (Å²) in [6, 6.07) is 4.49.